The number of H-pyrrole nitrogens is 1. The van der Waals surface area contributed by atoms with Crippen LogP contribution < -0.4 is 11.2 Å². The maximum absolute atomic E-state index is 13.0. The average Bonchev–Trinajstić information content (AvgIpc) is 2.72. The third-order valence-corrected chi connectivity index (χ3v) is 5.30. The fraction of sp³-hybridized carbons (Fsp3) is 0.273. The molecule has 30 heavy (non-hydrogen) atoms. The van der Waals surface area contributed by atoms with Gasteiger partial charge in [0.1, 0.15) is 0 Å². The molecular formula is C22H20F3N3O2. The predicted octanol–water partition coefficient (Wildman–Crippen LogP) is 3.16. The van der Waals surface area contributed by atoms with Crippen molar-refractivity contribution in [2.45, 2.75) is 32.2 Å². The molecule has 1 N–H and O–H groups in total. The van der Waals surface area contributed by atoms with Crippen LogP contribution in [0.4, 0.5) is 13.2 Å². The number of hydrogen-bond donors (Lipinski definition) is 1. The molecule has 0 atom stereocenters. The highest BCUT2D eigenvalue weighted by atomic mass is 19.4. The summed E-state index contributed by atoms with van der Waals surface area (Å²) in [4.78, 5) is 30.3. The van der Waals surface area contributed by atoms with E-state index < -0.39 is 23.0 Å². The van der Waals surface area contributed by atoms with Gasteiger partial charge in [-0.25, -0.2) is 4.79 Å². The van der Waals surface area contributed by atoms with Crippen molar-refractivity contribution >= 4 is 0 Å². The lowest BCUT2D eigenvalue weighted by atomic mass is 10.1. The summed E-state index contributed by atoms with van der Waals surface area (Å²) in [6, 6.07) is 14.4. The molecule has 8 heteroatoms. The Labute approximate surface area is 170 Å². The van der Waals surface area contributed by atoms with Crippen molar-refractivity contribution in [1.29, 1.82) is 0 Å². The molecule has 4 rings (SSSR count). The maximum atomic E-state index is 13.0. The second-order valence-electron chi connectivity index (χ2n) is 7.42. The molecule has 0 saturated carbocycles. The van der Waals surface area contributed by atoms with Gasteiger partial charge >= 0.3 is 11.9 Å². The SMILES string of the molecule is O=c1[nH]c2c(c(=O)n1Cc1ccc(C(F)(F)F)cc1)CN(Cc1ccccc1)CC2. The van der Waals surface area contributed by atoms with Crippen LogP contribution in [0.5, 0.6) is 0 Å². The van der Waals surface area contributed by atoms with Gasteiger partial charge < -0.3 is 4.98 Å². The molecule has 156 valence electrons. The van der Waals surface area contributed by atoms with Gasteiger partial charge in [-0.15, -0.1) is 0 Å². The summed E-state index contributed by atoms with van der Waals surface area (Å²) in [6.07, 6.45) is -3.87. The molecule has 0 amide bonds. The highest BCUT2D eigenvalue weighted by molar-refractivity contribution is 5.26. The van der Waals surface area contributed by atoms with Crippen LogP contribution in [0, 0.1) is 0 Å². The van der Waals surface area contributed by atoms with Crippen molar-refractivity contribution in [3.8, 4) is 0 Å². The number of aromatic nitrogens is 2. The van der Waals surface area contributed by atoms with Gasteiger partial charge in [-0.1, -0.05) is 42.5 Å². The molecule has 2 aromatic carbocycles. The lowest BCUT2D eigenvalue weighted by Gasteiger charge is -2.28. The second kappa shape index (κ2) is 7.95. The molecule has 5 nitrogen and oxygen atoms in total. The number of alkyl halides is 3. The molecular weight excluding hydrogens is 395 g/mol. The van der Waals surface area contributed by atoms with E-state index in [1.807, 2.05) is 30.3 Å². The first-order valence-electron chi connectivity index (χ1n) is 9.58. The van der Waals surface area contributed by atoms with Crippen LogP contribution >= 0.6 is 0 Å². The van der Waals surface area contributed by atoms with Crippen molar-refractivity contribution in [1.82, 2.24) is 14.5 Å². The second-order valence-corrected chi connectivity index (χ2v) is 7.42. The Morgan fingerprint density at radius 2 is 1.57 bits per heavy atom. The van der Waals surface area contributed by atoms with E-state index >= 15 is 0 Å². The predicted molar refractivity (Wildman–Crippen MR) is 106 cm³/mol. The van der Waals surface area contributed by atoms with Crippen LogP contribution in [-0.4, -0.2) is 21.0 Å². The Bertz CT molecular complexity index is 1150. The number of rotatable bonds is 4. The maximum Gasteiger partial charge on any atom is 0.416 e. The third kappa shape index (κ3) is 4.23. The summed E-state index contributed by atoms with van der Waals surface area (Å²) in [5.74, 6) is 0. The van der Waals surface area contributed by atoms with E-state index in [0.717, 1.165) is 28.8 Å². The van der Waals surface area contributed by atoms with Gasteiger partial charge in [0, 0.05) is 31.7 Å². The standard InChI is InChI=1S/C22H20F3N3O2/c23-22(24,25)17-8-6-16(7-9-17)13-28-20(29)18-14-27(11-10-19(18)26-21(28)30)12-15-4-2-1-3-5-15/h1-9H,10-14H2,(H,26,30). The number of nitrogens with zero attached hydrogens (tertiary/aromatic N) is 2. The van der Waals surface area contributed by atoms with Crippen molar-refractivity contribution in [3.63, 3.8) is 0 Å². The summed E-state index contributed by atoms with van der Waals surface area (Å²) >= 11 is 0. The fourth-order valence-corrected chi connectivity index (χ4v) is 3.71. The van der Waals surface area contributed by atoms with Gasteiger partial charge in [-0.2, -0.15) is 13.2 Å². The minimum Gasteiger partial charge on any atom is -0.311 e. The Kier molecular flexibility index (Phi) is 5.34. The van der Waals surface area contributed by atoms with Crippen LogP contribution in [0.2, 0.25) is 0 Å². The molecule has 0 saturated heterocycles. The highest BCUT2D eigenvalue weighted by Gasteiger charge is 2.30. The van der Waals surface area contributed by atoms with Crippen molar-refractivity contribution in [2.75, 3.05) is 6.54 Å². The first-order chi connectivity index (χ1) is 14.3. The topological polar surface area (TPSA) is 58.1 Å². The van der Waals surface area contributed by atoms with Gasteiger partial charge in [-0.3, -0.25) is 14.3 Å². The third-order valence-electron chi connectivity index (χ3n) is 5.30. The largest absolute Gasteiger partial charge is 0.416 e. The monoisotopic (exact) mass is 415 g/mol. The Morgan fingerprint density at radius 3 is 2.23 bits per heavy atom. The lowest BCUT2D eigenvalue weighted by molar-refractivity contribution is -0.137. The zero-order valence-electron chi connectivity index (χ0n) is 16.1. The number of halogens is 3. The molecule has 0 unspecified atom stereocenters. The van der Waals surface area contributed by atoms with Crippen LogP contribution in [0.25, 0.3) is 0 Å². The van der Waals surface area contributed by atoms with E-state index in [1.54, 1.807) is 0 Å². The van der Waals surface area contributed by atoms with E-state index in [-0.39, 0.29) is 6.54 Å². The van der Waals surface area contributed by atoms with E-state index in [4.69, 9.17) is 0 Å². The smallest absolute Gasteiger partial charge is 0.311 e. The van der Waals surface area contributed by atoms with Crippen LogP contribution in [0.15, 0.2) is 64.2 Å². The van der Waals surface area contributed by atoms with Gasteiger partial charge in [0.05, 0.1) is 17.7 Å². The Balaban J connectivity index is 1.58. The van der Waals surface area contributed by atoms with Gasteiger partial charge in [-0.05, 0) is 23.3 Å². The number of fused-ring (bicyclic) bond motifs is 1. The summed E-state index contributed by atoms with van der Waals surface area (Å²) < 4.78 is 39.3. The van der Waals surface area contributed by atoms with Crippen LogP contribution in [0.1, 0.15) is 27.9 Å². The van der Waals surface area contributed by atoms with Crippen molar-refractivity contribution < 1.29 is 13.2 Å². The summed E-state index contributed by atoms with van der Waals surface area (Å²) in [5.41, 5.74) is 1.04. The first-order valence-corrected chi connectivity index (χ1v) is 9.58. The number of nitrogens with one attached hydrogen (secondary N) is 1. The molecule has 0 spiro atoms. The molecule has 2 heterocycles. The molecule has 1 aliphatic heterocycles. The molecule has 0 radical (unpaired) electrons. The summed E-state index contributed by atoms with van der Waals surface area (Å²) in [5, 5.41) is 0. The fourth-order valence-electron chi connectivity index (χ4n) is 3.71. The van der Waals surface area contributed by atoms with E-state index in [1.165, 1.54) is 12.1 Å². The quantitative estimate of drug-likeness (QED) is 0.712. The van der Waals surface area contributed by atoms with Gasteiger partial charge in [0.2, 0.25) is 0 Å². The van der Waals surface area contributed by atoms with Crippen LogP contribution in [0.3, 0.4) is 0 Å². The van der Waals surface area contributed by atoms with Gasteiger partial charge in [0.15, 0.2) is 0 Å². The van der Waals surface area contributed by atoms with Crippen LogP contribution in [-0.2, 0) is 32.2 Å². The number of aromatic amines is 1. The number of benzene rings is 2. The zero-order chi connectivity index (χ0) is 21.3. The normalized spacial score (nSPS) is 14.5. The molecule has 0 aliphatic carbocycles. The van der Waals surface area contributed by atoms with E-state index in [2.05, 4.69) is 9.88 Å². The molecule has 3 aromatic rings. The first kappa shape index (κ1) is 20.2. The lowest BCUT2D eigenvalue weighted by Crippen LogP contribution is -2.43. The molecule has 1 aromatic heterocycles. The molecule has 0 bridgehead atoms. The molecule has 0 fully saturated rings. The van der Waals surface area contributed by atoms with Gasteiger partial charge in [0.25, 0.3) is 5.56 Å². The Hall–Kier alpha value is -3.13. The average molecular weight is 415 g/mol. The minimum atomic E-state index is -4.43. The van der Waals surface area contributed by atoms with Crippen molar-refractivity contribution in [2.24, 2.45) is 0 Å². The Morgan fingerprint density at radius 1 is 0.900 bits per heavy atom. The van der Waals surface area contributed by atoms with E-state index in [0.29, 0.717) is 36.3 Å². The van der Waals surface area contributed by atoms with E-state index in [9.17, 15) is 22.8 Å². The zero-order valence-corrected chi connectivity index (χ0v) is 16.1. The minimum absolute atomic E-state index is 0.0851. The highest BCUT2D eigenvalue weighted by Crippen LogP contribution is 2.29. The summed E-state index contributed by atoms with van der Waals surface area (Å²) in [6.45, 7) is 1.74. The number of hydrogen-bond acceptors (Lipinski definition) is 3. The van der Waals surface area contributed by atoms with Crippen molar-refractivity contribution in [3.05, 3.63) is 103 Å². The molecule has 1 aliphatic rings. The summed E-state index contributed by atoms with van der Waals surface area (Å²) in [7, 11) is 0.